The molecule has 106 valence electrons. The van der Waals surface area contributed by atoms with E-state index in [1.54, 1.807) is 0 Å². The van der Waals surface area contributed by atoms with Gasteiger partial charge in [0.05, 0.1) is 6.04 Å². The summed E-state index contributed by atoms with van der Waals surface area (Å²) in [5.41, 5.74) is 0. The van der Waals surface area contributed by atoms with Gasteiger partial charge in [0.2, 0.25) is 0 Å². The monoisotopic (exact) mass is 261 g/mol. The van der Waals surface area contributed by atoms with Crippen LogP contribution in [0.2, 0.25) is 0 Å². The summed E-state index contributed by atoms with van der Waals surface area (Å²) in [7, 11) is 0. The van der Waals surface area contributed by atoms with Gasteiger partial charge in [-0.1, -0.05) is 19.3 Å². The molecule has 1 saturated heterocycles. The smallest absolute Gasteiger partial charge is 0.150 e. The van der Waals surface area contributed by atoms with Crippen LogP contribution in [0, 0.1) is 23.7 Å². The Labute approximate surface area is 116 Å². The third kappa shape index (κ3) is 2.26. The third-order valence-corrected chi connectivity index (χ3v) is 6.60. The molecule has 19 heavy (non-hydrogen) atoms. The number of hydrogen-bond donors (Lipinski definition) is 1. The quantitative estimate of drug-likeness (QED) is 0.844. The molecule has 1 N–H and O–H groups in total. The molecule has 0 aromatic carbocycles. The Morgan fingerprint density at radius 1 is 0.947 bits per heavy atom. The zero-order valence-electron chi connectivity index (χ0n) is 11.9. The van der Waals surface area contributed by atoms with E-state index >= 15 is 0 Å². The molecule has 3 aliphatic carbocycles. The van der Waals surface area contributed by atoms with Crippen molar-refractivity contribution < 1.29 is 4.79 Å². The van der Waals surface area contributed by atoms with Crippen LogP contribution >= 0.6 is 0 Å². The molecular weight excluding hydrogens is 234 g/mol. The first-order chi connectivity index (χ1) is 9.29. The average molecular weight is 261 g/mol. The Balaban J connectivity index is 1.34. The average Bonchev–Trinajstić information content (AvgIpc) is 3.12. The standard InChI is InChI=1S/C17H27NO/c19-17(10-14-8-11-5-6-12(14)7-11)16-9-13-3-1-2-4-15(13)18-16/h11-16,18H,1-10H2. The lowest BCUT2D eigenvalue weighted by Crippen LogP contribution is -2.38. The molecule has 1 aliphatic heterocycles. The Morgan fingerprint density at radius 3 is 2.58 bits per heavy atom. The van der Waals surface area contributed by atoms with E-state index in [-0.39, 0.29) is 6.04 Å². The zero-order chi connectivity index (χ0) is 12.8. The number of fused-ring (bicyclic) bond motifs is 3. The van der Waals surface area contributed by atoms with Crippen molar-refractivity contribution in [1.82, 2.24) is 5.32 Å². The van der Waals surface area contributed by atoms with E-state index in [0.717, 1.165) is 36.5 Å². The highest BCUT2D eigenvalue weighted by Gasteiger charge is 2.43. The summed E-state index contributed by atoms with van der Waals surface area (Å²) < 4.78 is 0. The maximum Gasteiger partial charge on any atom is 0.150 e. The van der Waals surface area contributed by atoms with E-state index < -0.39 is 0 Å². The predicted molar refractivity (Wildman–Crippen MR) is 75.8 cm³/mol. The van der Waals surface area contributed by atoms with Gasteiger partial charge in [-0.25, -0.2) is 0 Å². The third-order valence-electron chi connectivity index (χ3n) is 6.60. The van der Waals surface area contributed by atoms with Gasteiger partial charge in [-0.05, 0) is 62.2 Å². The SMILES string of the molecule is O=C(CC1CC2CCC1C2)C1CC2CCCCC2N1. The number of Topliss-reactive ketones (excluding diaryl/α,β-unsaturated/α-hetero) is 1. The van der Waals surface area contributed by atoms with E-state index in [4.69, 9.17) is 0 Å². The fourth-order valence-corrected chi connectivity index (χ4v) is 5.59. The van der Waals surface area contributed by atoms with Gasteiger partial charge < -0.3 is 5.32 Å². The molecule has 6 atom stereocenters. The lowest BCUT2D eigenvalue weighted by molar-refractivity contribution is -0.122. The number of carbonyl (C=O) groups excluding carboxylic acids is 1. The van der Waals surface area contributed by atoms with E-state index in [1.807, 2.05) is 0 Å². The van der Waals surface area contributed by atoms with Crippen molar-refractivity contribution >= 4 is 5.78 Å². The Hall–Kier alpha value is -0.370. The molecule has 0 amide bonds. The maximum atomic E-state index is 12.6. The highest BCUT2D eigenvalue weighted by atomic mass is 16.1. The second kappa shape index (κ2) is 4.87. The first kappa shape index (κ1) is 12.4. The summed E-state index contributed by atoms with van der Waals surface area (Å²) in [5, 5.41) is 3.66. The summed E-state index contributed by atoms with van der Waals surface area (Å²) >= 11 is 0. The number of ketones is 1. The van der Waals surface area contributed by atoms with Crippen molar-refractivity contribution in [2.24, 2.45) is 23.7 Å². The van der Waals surface area contributed by atoms with Crippen molar-refractivity contribution in [1.29, 1.82) is 0 Å². The minimum absolute atomic E-state index is 0.215. The Bertz CT molecular complexity index is 352. The molecule has 0 aromatic heterocycles. The number of hydrogen-bond acceptors (Lipinski definition) is 2. The van der Waals surface area contributed by atoms with Crippen LogP contribution in [0.5, 0.6) is 0 Å². The molecule has 4 rings (SSSR count). The molecule has 2 heteroatoms. The second-order valence-electron chi connectivity index (χ2n) is 7.71. The molecule has 0 spiro atoms. The van der Waals surface area contributed by atoms with Crippen LogP contribution in [0.15, 0.2) is 0 Å². The molecule has 4 aliphatic rings. The van der Waals surface area contributed by atoms with Crippen molar-refractivity contribution in [3.8, 4) is 0 Å². The van der Waals surface area contributed by atoms with Crippen LogP contribution in [0.4, 0.5) is 0 Å². The van der Waals surface area contributed by atoms with Gasteiger partial charge in [-0.15, -0.1) is 0 Å². The summed E-state index contributed by atoms with van der Waals surface area (Å²) in [6.45, 7) is 0. The maximum absolute atomic E-state index is 12.6. The molecule has 0 radical (unpaired) electrons. The second-order valence-corrected chi connectivity index (χ2v) is 7.71. The van der Waals surface area contributed by atoms with E-state index in [9.17, 15) is 4.79 Å². The largest absolute Gasteiger partial charge is 0.304 e. The molecular formula is C17H27NO. The van der Waals surface area contributed by atoms with Crippen molar-refractivity contribution in [2.75, 3.05) is 0 Å². The van der Waals surface area contributed by atoms with Crippen LogP contribution in [-0.4, -0.2) is 17.9 Å². The highest BCUT2D eigenvalue weighted by Crippen LogP contribution is 2.49. The summed E-state index contributed by atoms with van der Waals surface area (Å²) in [6, 6.07) is 0.884. The number of nitrogens with one attached hydrogen (secondary N) is 1. The first-order valence-corrected chi connectivity index (χ1v) is 8.58. The van der Waals surface area contributed by atoms with Gasteiger partial charge >= 0.3 is 0 Å². The predicted octanol–water partition coefficient (Wildman–Crippen LogP) is 3.30. The van der Waals surface area contributed by atoms with Gasteiger partial charge in [-0.3, -0.25) is 4.79 Å². The molecule has 1 heterocycles. The summed E-state index contributed by atoms with van der Waals surface area (Å²) in [4.78, 5) is 12.6. The number of carbonyl (C=O) groups is 1. The molecule has 4 fully saturated rings. The van der Waals surface area contributed by atoms with Crippen molar-refractivity contribution in [3.05, 3.63) is 0 Å². The van der Waals surface area contributed by atoms with Gasteiger partial charge in [0.15, 0.2) is 0 Å². The fraction of sp³-hybridized carbons (Fsp3) is 0.941. The van der Waals surface area contributed by atoms with Crippen LogP contribution in [0.3, 0.4) is 0 Å². The zero-order valence-corrected chi connectivity index (χ0v) is 11.9. The van der Waals surface area contributed by atoms with Crippen LogP contribution < -0.4 is 5.32 Å². The molecule has 3 saturated carbocycles. The van der Waals surface area contributed by atoms with Crippen molar-refractivity contribution in [2.45, 2.75) is 76.3 Å². The molecule has 2 nitrogen and oxygen atoms in total. The lowest BCUT2D eigenvalue weighted by atomic mass is 9.82. The summed E-state index contributed by atoms with van der Waals surface area (Å²) in [5.74, 6) is 3.98. The van der Waals surface area contributed by atoms with Gasteiger partial charge in [-0.2, -0.15) is 0 Å². The molecule has 6 unspecified atom stereocenters. The number of rotatable bonds is 3. The van der Waals surface area contributed by atoms with Crippen LogP contribution in [0.1, 0.15) is 64.2 Å². The molecule has 2 bridgehead atoms. The Kier molecular flexibility index (Phi) is 3.17. The van der Waals surface area contributed by atoms with E-state index in [2.05, 4.69) is 5.32 Å². The minimum Gasteiger partial charge on any atom is -0.304 e. The van der Waals surface area contributed by atoms with Crippen molar-refractivity contribution in [3.63, 3.8) is 0 Å². The van der Waals surface area contributed by atoms with Gasteiger partial charge in [0.25, 0.3) is 0 Å². The van der Waals surface area contributed by atoms with Gasteiger partial charge in [0.1, 0.15) is 5.78 Å². The van der Waals surface area contributed by atoms with Crippen LogP contribution in [-0.2, 0) is 4.79 Å². The van der Waals surface area contributed by atoms with E-state index in [0.29, 0.717) is 11.8 Å². The topological polar surface area (TPSA) is 29.1 Å². The fourth-order valence-electron chi connectivity index (χ4n) is 5.59. The lowest BCUT2D eigenvalue weighted by Gasteiger charge is -2.24. The summed E-state index contributed by atoms with van der Waals surface area (Å²) in [6.07, 6.45) is 13.1. The van der Waals surface area contributed by atoms with Crippen LogP contribution in [0.25, 0.3) is 0 Å². The molecule has 0 aromatic rings. The van der Waals surface area contributed by atoms with E-state index in [1.165, 1.54) is 51.4 Å². The Morgan fingerprint density at radius 2 is 1.84 bits per heavy atom. The minimum atomic E-state index is 0.215. The highest BCUT2D eigenvalue weighted by molar-refractivity contribution is 5.84. The first-order valence-electron chi connectivity index (χ1n) is 8.58. The normalized spacial score (nSPS) is 48.4. The van der Waals surface area contributed by atoms with Gasteiger partial charge in [0, 0.05) is 12.5 Å².